The van der Waals surface area contributed by atoms with Crippen LogP contribution in [0.15, 0.2) is 0 Å². The molecule has 0 saturated heterocycles. The highest BCUT2D eigenvalue weighted by Crippen LogP contribution is 1.62. The van der Waals surface area contributed by atoms with Crippen molar-refractivity contribution in [2.45, 2.75) is 0 Å². The van der Waals surface area contributed by atoms with E-state index in [0.29, 0.717) is 0 Å². The molecule has 6 heavy (non-hydrogen) atoms. The highest BCUT2D eigenvalue weighted by Gasteiger charge is 1.88. The van der Waals surface area contributed by atoms with Crippen LogP contribution in [0.25, 0.3) is 0 Å². The molecule has 3 nitrogen and oxygen atoms in total. The molecule has 38 valence electrons. The standard InChI is InChI=1S/C2H7NO2S/c1-3-6(2,4)5/h3H,1-2H3/i1D3,2D3. The molecule has 0 unspecified atom stereocenters. The zero-order valence-corrected chi connectivity index (χ0v) is 3.54. The average molecular weight is 115 g/mol. The smallest absolute Gasteiger partial charge is 0.208 e. The Morgan fingerprint density at radius 1 is 1.83 bits per heavy atom. The Labute approximate surface area is 45.8 Å². The molecule has 1 N–H and O–H groups in total. The van der Waals surface area contributed by atoms with Crippen LogP contribution in [-0.4, -0.2) is 21.6 Å². The summed E-state index contributed by atoms with van der Waals surface area (Å²) in [5, 5.41) is 0. The molecule has 0 saturated carbocycles. The largest absolute Gasteiger partial charge is 0.219 e. The van der Waals surface area contributed by atoms with Gasteiger partial charge in [-0.1, -0.05) is 0 Å². The molecule has 0 aliphatic heterocycles. The predicted octanol–water partition coefficient (Wildman–Crippen LogP) is -0.835. The van der Waals surface area contributed by atoms with Crippen molar-refractivity contribution >= 4 is 10.0 Å². The lowest BCUT2D eigenvalue weighted by molar-refractivity contribution is 0.594. The number of rotatable bonds is 1. The first-order valence-electron chi connectivity index (χ1n) is 3.99. The third-order valence-corrected chi connectivity index (χ3v) is 0.403. The highest BCUT2D eigenvalue weighted by atomic mass is 32.2. The summed E-state index contributed by atoms with van der Waals surface area (Å²) in [6.45, 7) is -3.01. The van der Waals surface area contributed by atoms with Crippen molar-refractivity contribution in [3.05, 3.63) is 0 Å². The summed E-state index contributed by atoms with van der Waals surface area (Å²) in [5.41, 5.74) is 0. The van der Waals surface area contributed by atoms with E-state index in [0.717, 1.165) is 4.72 Å². The maximum Gasteiger partial charge on any atom is 0.208 e. The lowest BCUT2D eigenvalue weighted by Crippen LogP contribution is -2.15. The monoisotopic (exact) mass is 115 g/mol. The Balaban J connectivity index is 4.70. The van der Waals surface area contributed by atoms with Crippen molar-refractivity contribution in [3.8, 4) is 0 Å². The van der Waals surface area contributed by atoms with Gasteiger partial charge < -0.3 is 0 Å². The van der Waals surface area contributed by atoms with Crippen LogP contribution in [0.2, 0.25) is 0 Å². The minimum atomic E-state index is -4.77. The van der Waals surface area contributed by atoms with E-state index in [2.05, 4.69) is 0 Å². The normalized spacial score (nSPS) is 30.7. The maximum absolute atomic E-state index is 10.6. The molecule has 0 bridgehead atoms. The van der Waals surface area contributed by atoms with Crippen LogP contribution in [0.4, 0.5) is 0 Å². The van der Waals surface area contributed by atoms with Gasteiger partial charge in [-0.25, -0.2) is 13.1 Å². The van der Waals surface area contributed by atoms with Crippen molar-refractivity contribution < 1.29 is 16.6 Å². The van der Waals surface area contributed by atoms with E-state index in [1.54, 1.807) is 0 Å². The molecular formula is C2H7NO2S. The molecule has 0 aliphatic rings. The molecule has 0 radical (unpaired) electrons. The average Bonchev–Trinajstić information content (AvgIpc) is 1.52. The molecule has 0 aromatic carbocycles. The summed E-state index contributed by atoms with van der Waals surface area (Å²) in [6, 6.07) is 0. The van der Waals surface area contributed by atoms with Crippen molar-refractivity contribution in [2.75, 3.05) is 13.2 Å². The van der Waals surface area contributed by atoms with Gasteiger partial charge in [0.2, 0.25) is 10.0 Å². The number of sulfonamides is 1. The third kappa shape index (κ3) is 3.91. The Bertz CT molecular complexity index is 248. The van der Waals surface area contributed by atoms with Crippen LogP contribution >= 0.6 is 0 Å². The van der Waals surface area contributed by atoms with E-state index in [-0.39, 0.29) is 0 Å². The van der Waals surface area contributed by atoms with Crippen molar-refractivity contribution in [1.82, 2.24) is 4.72 Å². The van der Waals surface area contributed by atoms with E-state index in [1.807, 2.05) is 0 Å². The molecule has 4 heteroatoms. The second-order valence-corrected chi connectivity index (χ2v) is 1.82. The summed E-state index contributed by atoms with van der Waals surface area (Å²) in [5.74, 6) is 0. The molecule has 0 aromatic rings. The lowest BCUT2D eigenvalue weighted by atomic mass is 11.6. The summed E-state index contributed by atoms with van der Waals surface area (Å²) in [6.07, 6.45) is -3.35. The minimum Gasteiger partial charge on any atom is -0.219 e. The summed E-state index contributed by atoms with van der Waals surface area (Å²) in [4.78, 5) is 0. The Hall–Kier alpha value is -0.0900. The van der Waals surface area contributed by atoms with Gasteiger partial charge in [0.05, 0.1) is 6.18 Å². The Morgan fingerprint density at radius 3 is 2.67 bits per heavy atom. The molecule has 0 aromatic heterocycles. The van der Waals surface area contributed by atoms with E-state index >= 15 is 0 Å². The van der Waals surface area contributed by atoms with Gasteiger partial charge in [0.25, 0.3) is 0 Å². The van der Waals surface area contributed by atoms with E-state index < -0.39 is 23.2 Å². The topological polar surface area (TPSA) is 46.2 Å². The SMILES string of the molecule is [2H]C([2H])([2H])NS(=O)(=O)C([2H])([2H])[2H]. The van der Waals surface area contributed by atoms with Crippen LogP contribution in [0.1, 0.15) is 8.22 Å². The van der Waals surface area contributed by atoms with Gasteiger partial charge in [0.1, 0.15) is 0 Å². The predicted molar refractivity (Wildman–Crippen MR) is 23.9 cm³/mol. The van der Waals surface area contributed by atoms with Gasteiger partial charge in [-0.2, -0.15) is 0 Å². The molecule has 0 rings (SSSR count). The van der Waals surface area contributed by atoms with Crippen LogP contribution in [0.3, 0.4) is 0 Å². The fourth-order valence-corrected chi connectivity index (χ4v) is 0. The molecular weight excluding hydrogens is 102 g/mol. The molecule has 0 atom stereocenters. The van der Waals surface area contributed by atoms with E-state index in [1.165, 1.54) is 0 Å². The second kappa shape index (κ2) is 1.57. The first kappa shape index (κ1) is 1.20. The van der Waals surface area contributed by atoms with Crippen LogP contribution in [0.5, 0.6) is 0 Å². The zero-order valence-electron chi connectivity index (χ0n) is 8.72. The summed E-state index contributed by atoms with van der Waals surface area (Å²) < 4.78 is 61.0. The number of hydrogen-bond donors (Lipinski definition) is 1. The minimum absolute atomic E-state index is 1.05. The number of hydrogen-bond acceptors (Lipinski definition) is 2. The fourth-order valence-electron chi connectivity index (χ4n) is 0. The van der Waals surface area contributed by atoms with Gasteiger partial charge in [-0.3, -0.25) is 0 Å². The second-order valence-electron chi connectivity index (χ2n) is 0.605. The fraction of sp³-hybridized carbons (Fsp3) is 1.00. The lowest BCUT2D eigenvalue weighted by Gasteiger charge is -1.85. The van der Waals surface area contributed by atoms with Gasteiger partial charge in [-0.15, -0.1) is 0 Å². The van der Waals surface area contributed by atoms with E-state index in [9.17, 15) is 8.42 Å². The first-order valence-corrected chi connectivity index (χ1v) is 2.47. The molecule has 0 heterocycles. The molecule has 0 fully saturated rings. The summed E-state index contributed by atoms with van der Waals surface area (Å²) in [7, 11) is -4.77. The van der Waals surface area contributed by atoms with Crippen molar-refractivity contribution in [2.24, 2.45) is 0 Å². The first-order chi connectivity index (χ1) is 4.96. The maximum atomic E-state index is 10.6. The van der Waals surface area contributed by atoms with Crippen LogP contribution in [0, 0.1) is 0 Å². The molecule has 0 aliphatic carbocycles. The van der Waals surface area contributed by atoms with Gasteiger partial charge >= 0.3 is 0 Å². The zero-order chi connectivity index (χ0) is 10.2. The van der Waals surface area contributed by atoms with Gasteiger partial charge in [0.15, 0.2) is 0 Å². The quantitative estimate of drug-likeness (QED) is 0.484. The van der Waals surface area contributed by atoms with Gasteiger partial charge in [-0.05, 0) is 6.98 Å². The van der Waals surface area contributed by atoms with Crippen LogP contribution < -0.4 is 4.72 Å². The third-order valence-electron chi connectivity index (χ3n) is 0.134. The van der Waals surface area contributed by atoms with Crippen molar-refractivity contribution in [3.63, 3.8) is 0 Å². The van der Waals surface area contributed by atoms with Gasteiger partial charge in [0, 0.05) is 8.22 Å². The Morgan fingerprint density at radius 2 is 2.50 bits per heavy atom. The van der Waals surface area contributed by atoms with Crippen LogP contribution in [-0.2, 0) is 10.0 Å². The Kier molecular flexibility index (Phi) is 0.314. The molecule has 0 spiro atoms. The summed E-state index contributed by atoms with van der Waals surface area (Å²) >= 11 is 0. The highest BCUT2D eigenvalue weighted by molar-refractivity contribution is 7.88. The van der Waals surface area contributed by atoms with Crippen molar-refractivity contribution in [1.29, 1.82) is 0 Å². The van der Waals surface area contributed by atoms with E-state index in [4.69, 9.17) is 8.22 Å². The number of nitrogens with one attached hydrogen (secondary N) is 1. The molecule has 0 amide bonds.